The van der Waals surface area contributed by atoms with Crippen LogP contribution < -0.4 is 5.32 Å². The standard InChI is InChI=1S/C22H20N8OS/c1-13(2)30-21-17(11-24-30)16(10-19(25-21)20-5-4-8-32-20)22(31)26-18-9-15(7-6-14(18)3)29-12-23-27-28-29/h4-13H,1-3H3,(H,26,31). The second-order valence-electron chi connectivity index (χ2n) is 7.66. The number of nitrogens with one attached hydrogen (secondary N) is 1. The molecule has 0 aliphatic heterocycles. The minimum atomic E-state index is -0.226. The maximum absolute atomic E-state index is 13.5. The number of rotatable bonds is 5. The van der Waals surface area contributed by atoms with Gasteiger partial charge in [-0.2, -0.15) is 5.10 Å². The molecule has 5 aromatic rings. The Labute approximate surface area is 187 Å². The van der Waals surface area contributed by atoms with Crippen molar-refractivity contribution < 1.29 is 4.79 Å². The van der Waals surface area contributed by atoms with Crippen LogP contribution >= 0.6 is 11.3 Å². The second kappa shape index (κ2) is 7.97. The molecule has 9 nitrogen and oxygen atoms in total. The summed E-state index contributed by atoms with van der Waals surface area (Å²) in [5, 5.41) is 21.5. The van der Waals surface area contributed by atoms with Crippen LogP contribution in [0.5, 0.6) is 0 Å². The van der Waals surface area contributed by atoms with Gasteiger partial charge in [-0.1, -0.05) is 12.1 Å². The zero-order chi connectivity index (χ0) is 22.2. The van der Waals surface area contributed by atoms with Crippen molar-refractivity contribution in [2.24, 2.45) is 0 Å². The van der Waals surface area contributed by atoms with E-state index in [4.69, 9.17) is 4.98 Å². The summed E-state index contributed by atoms with van der Waals surface area (Å²) in [6.45, 7) is 6.02. The fourth-order valence-electron chi connectivity index (χ4n) is 3.49. The average molecular weight is 445 g/mol. The molecule has 4 aromatic heterocycles. The molecule has 0 aliphatic carbocycles. The number of amides is 1. The number of fused-ring (bicyclic) bond motifs is 1. The van der Waals surface area contributed by atoms with E-state index < -0.39 is 0 Å². The number of aryl methyl sites for hydroxylation is 1. The molecule has 4 heterocycles. The van der Waals surface area contributed by atoms with E-state index in [2.05, 4.69) is 25.9 Å². The van der Waals surface area contributed by atoms with Crippen molar-refractivity contribution in [2.75, 3.05) is 5.32 Å². The van der Waals surface area contributed by atoms with E-state index in [0.717, 1.165) is 21.8 Å². The van der Waals surface area contributed by atoms with Crippen LogP contribution in [0.25, 0.3) is 27.3 Å². The van der Waals surface area contributed by atoms with Crippen LogP contribution in [0.15, 0.2) is 54.3 Å². The van der Waals surface area contributed by atoms with E-state index in [-0.39, 0.29) is 11.9 Å². The molecule has 0 bridgehead atoms. The zero-order valence-corrected chi connectivity index (χ0v) is 18.5. The zero-order valence-electron chi connectivity index (χ0n) is 17.7. The molecule has 0 atom stereocenters. The van der Waals surface area contributed by atoms with Gasteiger partial charge < -0.3 is 5.32 Å². The number of benzene rings is 1. The van der Waals surface area contributed by atoms with Crippen molar-refractivity contribution in [3.63, 3.8) is 0 Å². The van der Waals surface area contributed by atoms with E-state index in [0.29, 0.717) is 22.3 Å². The maximum atomic E-state index is 13.5. The smallest absolute Gasteiger partial charge is 0.256 e. The normalized spacial score (nSPS) is 11.4. The molecule has 32 heavy (non-hydrogen) atoms. The van der Waals surface area contributed by atoms with Crippen LogP contribution in [-0.4, -0.2) is 40.9 Å². The molecule has 1 aromatic carbocycles. The molecule has 0 radical (unpaired) electrons. The van der Waals surface area contributed by atoms with Crippen molar-refractivity contribution in [2.45, 2.75) is 26.8 Å². The summed E-state index contributed by atoms with van der Waals surface area (Å²) in [5.74, 6) is -0.226. The monoisotopic (exact) mass is 444 g/mol. The Morgan fingerprint density at radius 3 is 2.78 bits per heavy atom. The minimum Gasteiger partial charge on any atom is -0.322 e. The van der Waals surface area contributed by atoms with Crippen molar-refractivity contribution in [3.8, 4) is 16.3 Å². The van der Waals surface area contributed by atoms with E-state index in [1.807, 2.05) is 67.2 Å². The Balaban J connectivity index is 1.59. The number of aromatic nitrogens is 7. The minimum absolute atomic E-state index is 0.115. The highest BCUT2D eigenvalue weighted by Crippen LogP contribution is 2.30. The summed E-state index contributed by atoms with van der Waals surface area (Å²) in [6, 6.07) is 11.6. The van der Waals surface area contributed by atoms with Crippen LogP contribution in [0, 0.1) is 6.92 Å². The van der Waals surface area contributed by atoms with Crippen LogP contribution in [0.2, 0.25) is 0 Å². The fraction of sp³-hybridized carbons (Fsp3) is 0.182. The van der Waals surface area contributed by atoms with E-state index in [9.17, 15) is 4.79 Å². The molecule has 0 unspecified atom stereocenters. The fourth-order valence-corrected chi connectivity index (χ4v) is 4.18. The summed E-state index contributed by atoms with van der Waals surface area (Å²) in [6.07, 6.45) is 3.22. The van der Waals surface area contributed by atoms with E-state index in [1.165, 1.54) is 6.33 Å². The van der Waals surface area contributed by atoms with Gasteiger partial charge in [0.25, 0.3) is 5.91 Å². The van der Waals surface area contributed by atoms with Crippen molar-refractivity contribution in [1.29, 1.82) is 0 Å². The number of hydrogen-bond acceptors (Lipinski definition) is 7. The number of pyridine rings is 1. The Hall–Kier alpha value is -3.92. The molecule has 160 valence electrons. The SMILES string of the molecule is Cc1ccc(-n2cnnn2)cc1NC(=O)c1cc(-c2cccs2)nc2c1cnn2C(C)C. The van der Waals surface area contributed by atoms with E-state index >= 15 is 0 Å². The highest BCUT2D eigenvalue weighted by molar-refractivity contribution is 7.13. The first-order valence-electron chi connectivity index (χ1n) is 10.1. The molecule has 10 heteroatoms. The second-order valence-corrected chi connectivity index (χ2v) is 8.61. The number of carbonyl (C=O) groups is 1. The van der Waals surface area contributed by atoms with Crippen molar-refractivity contribution >= 4 is 34.0 Å². The number of nitrogens with zero attached hydrogens (tertiary/aromatic N) is 7. The number of anilines is 1. The highest BCUT2D eigenvalue weighted by atomic mass is 32.1. The maximum Gasteiger partial charge on any atom is 0.256 e. The Morgan fingerprint density at radius 1 is 1.19 bits per heavy atom. The molecular weight excluding hydrogens is 424 g/mol. The van der Waals surface area contributed by atoms with Gasteiger partial charge in [0, 0.05) is 11.7 Å². The van der Waals surface area contributed by atoms with Crippen molar-refractivity contribution in [3.05, 3.63) is 65.4 Å². The molecule has 1 N–H and O–H groups in total. The molecule has 0 saturated heterocycles. The Bertz CT molecular complexity index is 1400. The van der Waals surface area contributed by atoms with Crippen LogP contribution in [-0.2, 0) is 0 Å². The first-order chi connectivity index (χ1) is 15.5. The van der Waals surface area contributed by atoms with Gasteiger partial charge in [-0.05, 0) is 66.4 Å². The highest BCUT2D eigenvalue weighted by Gasteiger charge is 2.19. The lowest BCUT2D eigenvalue weighted by molar-refractivity contribution is 0.102. The quantitative estimate of drug-likeness (QED) is 0.434. The van der Waals surface area contributed by atoms with Crippen LogP contribution in [0.3, 0.4) is 0 Å². The summed E-state index contributed by atoms with van der Waals surface area (Å²) < 4.78 is 3.38. The van der Waals surface area contributed by atoms with Gasteiger partial charge in [-0.25, -0.2) is 14.3 Å². The van der Waals surface area contributed by atoms with Gasteiger partial charge in [0.15, 0.2) is 5.65 Å². The lowest BCUT2D eigenvalue weighted by Gasteiger charge is -2.12. The molecule has 0 spiro atoms. The van der Waals surface area contributed by atoms with Crippen LogP contribution in [0.1, 0.15) is 35.8 Å². The first-order valence-corrected chi connectivity index (χ1v) is 11.0. The first kappa shape index (κ1) is 20.0. The summed E-state index contributed by atoms with van der Waals surface area (Å²) >= 11 is 1.58. The van der Waals surface area contributed by atoms with Gasteiger partial charge in [0.1, 0.15) is 6.33 Å². The van der Waals surface area contributed by atoms with Crippen LogP contribution in [0.4, 0.5) is 5.69 Å². The molecular formula is C22H20N8OS. The molecule has 0 saturated carbocycles. The summed E-state index contributed by atoms with van der Waals surface area (Å²) in [5.41, 5.74) is 4.33. The van der Waals surface area contributed by atoms with Gasteiger partial charge in [0.2, 0.25) is 0 Å². The third-order valence-corrected chi connectivity index (χ3v) is 6.05. The number of carbonyl (C=O) groups excluding carboxylic acids is 1. The Morgan fingerprint density at radius 2 is 2.06 bits per heavy atom. The molecule has 0 aliphatic rings. The molecule has 1 amide bonds. The third-order valence-electron chi connectivity index (χ3n) is 5.16. The number of tetrazole rings is 1. The third kappa shape index (κ3) is 3.54. The van der Waals surface area contributed by atoms with Gasteiger partial charge in [-0.15, -0.1) is 16.4 Å². The predicted molar refractivity (Wildman–Crippen MR) is 123 cm³/mol. The topological polar surface area (TPSA) is 103 Å². The predicted octanol–water partition coefficient (Wildman–Crippen LogP) is 4.28. The molecule has 0 fully saturated rings. The lowest BCUT2D eigenvalue weighted by Crippen LogP contribution is -2.14. The average Bonchev–Trinajstić information content (AvgIpc) is 3.55. The largest absolute Gasteiger partial charge is 0.322 e. The molecule has 5 rings (SSSR count). The van der Waals surface area contributed by atoms with Gasteiger partial charge in [-0.3, -0.25) is 4.79 Å². The van der Waals surface area contributed by atoms with E-state index in [1.54, 1.807) is 22.2 Å². The Kier molecular flexibility index (Phi) is 4.98. The summed E-state index contributed by atoms with van der Waals surface area (Å²) in [7, 11) is 0. The summed E-state index contributed by atoms with van der Waals surface area (Å²) in [4.78, 5) is 19.3. The van der Waals surface area contributed by atoms with Gasteiger partial charge in [0.05, 0.1) is 33.4 Å². The van der Waals surface area contributed by atoms with Gasteiger partial charge >= 0.3 is 0 Å². The number of hydrogen-bond donors (Lipinski definition) is 1. The lowest BCUT2D eigenvalue weighted by atomic mass is 10.1. The number of thiophene rings is 1. The van der Waals surface area contributed by atoms with Crippen molar-refractivity contribution in [1.82, 2.24) is 35.0 Å².